The van der Waals surface area contributed by atoms with Gasteiger partial charge in [0, 0.05) is 38.5 Å². The first-order valence-corrected chi connectivity index (χ1v) is 6.73. The van der Waals surface area contributed by atoms with Crippen LogP contribution >= 0.6 is 15.9 Å². The van der Waals surface area contributed by atoms with E-state index in [0.29, 0.717) is 17.1 Å². The fraction of sp³-hybridized carbons (Fsp3) is 0.583. The third-order valence-electron chi connectivity index (χ3n) is 2.98. The lowest BCUT2D eigenvalue weighted by molar-refractivity contribution is 0.0778. The van der Waals surface area contributed by atoms with E-state index >= 15 is 0 Å². The standard InChI is InChI=1S/C12H17BrN2O2/c13-11-2-1-6-15(12(11)16)7-5-14-10-3-8-17-9-4-10/h1-2,6,10,14H,3-5,7-9H2. The van der Waals surface area contributed by atoms with Crippen LogP contribution in [0, 0.1) is 0 Å². The van der Waals surface area contributed by atoms with Crippen LogP contribution in [0.3, 0.4) is 0 Å². The van der Waals surface area contributed by atoms with E-state index in [2.05, 4.69) is 21.2 Å². The maximum atomic E-state index is 11.7. The van der Waals surface area contributed by atoms with Gasteiger partial charge >= 0.3 is 0 Å². The van der Waals surface area contributed by atoms with Crippen molar-refractivity contribution in [3.05, 3.63) is 33.2 Å². The van der Waals surface area contributed by atoms with Crippen molar-refractivity contribution >= 4 is 15.9 Å². The molecule has 1 fully saturated rings. The highest BCUT2D eigenvalue weighted by Gasteiger charge is 2.12. The van der Waals surface area contributed by atoms with E-state index in [4.69, 9.17) is 4.74 Å². The highest BCUT2D eigenvalue weighted by atomic mass is 79.9. The Labute approximate surface area is 109 Å². The number of hydrogen-bond acceptors (Lipinski definition) is 3. The summed E-state index contributed by atoms with van der Waals surface area (Å²) in [4.78, 5) is 11.7. The van der Waals surface area contributed by atoms with E-state index in [9.17, 15) is 4.79 Å². The zero-order valence-electron chi connectivity index (χ0n) is 9.69. The zero-order valence-corrected chi connectivity index (χ0v) is 11.3. The van der Waals surface area contributed by atoms with Gasteiger partial charge in [-0.25, -0.2) is 0 Å². The molecule has 0 aliphatic carbocycles. The number of aromatic nitrogens is 1. The average Bonchev–Trinajstić information content (AvgIpc) is 2.36. The van der Waals surface area contributed by atoms with Crippen LogP contribution in [0.25, 0.3) is 0 Å². The van der Waals surface area contributed by atoms with Gasteiger partial charge in [0.25, 0.3) is 5.56 Å². The summed E-state index contributed by atoms with van der Waals surface area (Å²) in [7, 11) is 0. The topological polar surface area (TPSA) is 43.3 Å². The van der Waals surface area contributed by atoms with Crippen molar-refractivity contribution in [1.29, 1.82) is 0 Å². The molecule has 0 saturated carbocycles. The average molecular weight is 301 g/mol. The SMILES string of the molecule is O=c1c(Br)cccn1CCNC1CCOCC1. The van der Waals surface area contributed by atoms with Crippen LogP contribution in [-0.2, 0) is 11.3 Å². The van der Waals surface area contributed by atoms with Crippen molar-refractivity contribution in [3.8, 4) is 0 Å². The Morgan fingerprint density at radius 2 is 2.24 bits per heavy atom. The molecule has 0 spiro atoms. The van der Waals surface area contributed by atoms with Gasteiger partial charge in [-0.2, -0.15) is 0 Å². The minimum Gasteiger partial charge on any atom is -0.381 e. The fourth-order valence-corrected chi connectivity index (χ4v) is 2.35. The lowest BCUT2D eigenvalue weighted by Gasteiger charge is -2.23. The molecule has 0 amide bonds. The van der Waals surface area contributed by atoms with Gasteiger partial charge in [-0.3, -0.25) is 4.79 Å². The minimum atomic E-state index is 0.0290. The van der Waals surface area contributed by atoms with Crippen molar-refractivity contribution < 1.29 is 4.74 Å². The molecule has 4 nitrogen and oxygen atoms in total. The van der Waals surface area contributed by atoms with Crippen molar-refractivity contribution in [1.82, 2.24) is 9.88 Å². The monoisotopic (exact) mass is 300 g/mol. The highest BCUT2D eigenvalue weighted by molar-refractivity contribution is 9.10. The zero-order chi connectivity index (χ0) is 12.1. The van der Waals surface area contributed by atoms with E-state index < -0.39 is 0 Å². The Morgan fingerprint density at radius 3 is 3.00 bits per heavy atom. The molecule has 1 aliphatic heterocycles. The summed E-state index contributed by atoms with van der Waals surface area (Å²) in [6.45, 7) is 3.21. The Balaban J connectivity index is 1.81. The first-order valence-electron chi connectivity index (χ1n) is 5.93. The second kappa shape index (κ2) is 6.33. The smallest absolute Gasteiger partial charge is 0.264 e. The number of ether oxygens (including phenoxy) is 1. The van der Waals surface area contributed by atoms with Gasteiger partial charge < -0.3 is 14.6 Å². The van der Waals surface area contributed by atoms with Crippen LogP contribution in [0.4, 0.5) is 0 Å². The lowest BCUT2D eigenvalue weighted by atomic mass is 10.1. The Kier molecular flexibility index (Phi) is 4.76. The number of nitrogens with zero attached hydrogens (tertiary/aromatic N) is 1. The van der Waals surface area contributed by atoms with Crippen molar-refractivity contribution in [3.63, 3.8) is 0 Å². The summed E-state index contributed by atoms with van der Waals surface area (Å²) >= 11 is 3.24. The molecule has 1 saturated heterocycles. The van der Waals surface area contributed by atoms with Crippen LogP contribution < -0.4 is 10.9 Å². The van der Waals surface area contributed by atoms with Crippen LogP contribution in [0.2, 0.25) is 0 Å². The Hall–Kier alpha value is -0.650. The quantitative estimate of drug-likeness (QED) is 0.913. The third-order valence-corrected chi connectivity index (χ3v) is 3.58. The molecule has 0 aromatic carbocycles. The number of hydrogen-bond donors (Lipinski definition) is 1. The Bertz CT molecular complexity index is 413. The number of halogens is 1. The highest BCUT2D eigenvalue weighted by Crippen LogP contribution is 2.05. The van der Waals surface area contributed by atoms with Crippen molar-refractivity contribution in [2.24, 2.45) is 0 Å². The molecule has 17 heavy (non-hydrogen) atoms. The molecule has 2 heterocycles. The molecular weight excluding hydrogens is 284 g/mol. The number of nitrogens with one attached hydrogen (secondary N) is 1. The van der Waals surface area contributed by atoms with E-state index in [1.54, 1.807) is 10.6 Å². The maximum Gasteiger partial charge on any atom is 0.264 e. The Morgan fingerprint density at radius 1 is 1.47 bits per heavy atom. The predicted octanol–water partition coefficient (Wildman–Crippen LogP) is 1.38. The molecule has 1 N–H and O–H groups in total. The third kappa shape index (κ3) is 3.66. The normalized spacial score (nSPS) is 17.2. The minimum absolute atomic E-state index is 0.0290. The molecular formula is C12H17BrN2O2. The van der Waals surface area contributed by atoms with E-state index in [1.165, 1.54) is 0 Å². The summed E-state index contributed by atoms with van der Waals surface area (Å²) in [5, 5.41) is 3.46. The lowest BCUT2D eigenvalue weighted by Crippen LogP contribution is -2.37. The van der Waals surface area contributed by atoms with Crippen molar-refractivity contribution in [2.75, 3.05) is 19.8 Å². The van der Waals surface area contributed by atoms with Crippen LogP contribution in [0.15, 0.2) is 27.6 Å². The van der Waals surface area contributed by atoms with E-state index in [0.717, 1.165) is 32.6 Å². The van der Waals surface area contributed by atoms with Gasteiger partial charge in [-0.05, 0) is 40.9 Å². The molecule has 0 unspecified atom stereocenters. The molecule has 2 rings (SSSR count). The summed E-state index contributed by atoms with van der Waals surface area (Å²) in [6.07, 6.45) is 3.94. The van der Waals surface area contributed by atoms with Gasteiger partial charge in [0.05, 0.1) is 4.47 Å². The first-order chi connectivity index (χ1) is 8.27. The summed E-state index contributed by atoms with van der Waals surface area (Å²) in [5.41, 5.74) is 0.0290. The molecule has 0 bridgehead atoms. The molecule has 0 radical (unpaired) electrons. The second-order valence-electron chi connectivity index (χ2n) is 4.20. The predicted molar refractivity (Wildman–Crippen MR) is 70.2 cm³/mol. The molecule has 5 heteroatoms. The molecule has 1 aromatic rings. The fourth-order valence-electron chi connectivity index (χ4n) is 1.97. The number of pyridine rings is 1. The molecule has 0 atom stereocenters. The van der Waals surface area contributed by atoms with Gasteiger partial charge in [0.2, 0.25) is 0 Å². The van der Waals surface area contributed by atoms with Gasteiger partial charge in [-0.1, -0.05) is 0 Å². The first kappa shape index (κ1) is 12.8. The second-order valence-corrected chi connectivity index (χ2v) is 5.05. The van der Waals surface area contributed by atoms with Gasteiger partial charge in [-0.15, -0.1) is 0 Å². The summed E-state index contributed by atoms with van der Waals surface area (Å²) in [6, 6.07) is 4.18. The van der Waals surface area contributed by atoms with Gasteiger partial charge in [0.15, 0.2) is 0 Å². The van der Waals surface area contributed by atoms with Crippen LogP contribution in [0.1, 0.15) is 12.8 Å². The largest absolute Gasteiger partial charge is 0.381 e. The van der Waals surface area contributed by atoms with Crippen LogP contribution in [0.5, 0.6) is 0 Å². The van der Waals surface area contributed by atoms with E-state index in [1.807, 2.05) is 12.3 Å². The summed E-state index contributed by atoms with van der Waals surface area (Å²) < 4.78 is 7.63. The maximum absolute atomic E-state index is 11.7. The van der Waals surface area contributed by atoms with Crippen LogP contribution in [-0.4, -0.2) is 30.4 Å². The summed E-state index contributed by atoms with van der Waals surface area (Å²) in [5.74, 6) is 0. The molecule has 1 aliphatic rings. The van der Waals surface area contributed by atoms with Gasteiger partial charge in [0.1, 0.15) is 0 Å². The van der Waals surface area contributed by atoms with Crippen molar-refractivity contribution in [2.45, 2.75) is 25.4 Å². The molecule has 1 aromatic heterocycles. The number of rotatable bonds is 4. The molecule has 94 valence electrons. The van der Waals surface area contributed by atoms with E-state index in [-0.39, 0.29) is 5.56 Å².